The van der Waals surface area contributed by atoms with Crippen LogP contribution >= 0.6 is 11.3 Å². The van der Waals surface area contributed by atoms with Crippen molar-refractivity contribution in [3.05, 3.63) is 17.5 Å². The number of sulfonamides is 1. The number of hydrogen-bond acceptors (Lipinski definition) is 4. The van der Waals surface area contributed by atoms with E-state index in [9.17, 15) is 13.2 Å². The summed E-state index contributed by atoms with van der Waals surface area (Å²) < 4.78 is 26.5. The minimum absolute atomic E-state index is 0.172. The maximum atomic E-state index is 12.4. The van der Waals surface area contributed by atoms with Gasteiger partial charge in [-0.1, -0.05) is 12.0 Å². The molecule has 1 atom stereocenters. The highest BCUT2D eigenvalue weighted by molar-refractivity contribution is 7.91. The quantitative estimate of drug-likeness (QED) is 0.840. The number of nitrogens with zero attached hydrogens (tertiary/aromatic N) is 1. The van der Waals surface area contributed by atoms with Crippen LogP contribution in [0.5, 0.6) is 0 Å². The summed E-state index contributed by atoms with van der Waals surface area (Å²) in [4.78, 5) is 11.9. The van der Waals surface area contributed by atoms with Crippen molar-refractivity contribution in [3.8, 4) is 12.3 Å². The van der Waals surface area contributed by atoms with Crippen LogP contribution in [0.3, 0.4) is 0 Å². The standard InChI is InChI=1S/C13H16N2O3S2/c1-2-7-14-13(16)11-5-3-8-15(10-11)20(17,18)12-6-4-9-19-12/h1,4,6,9,11H,3,5,7-8,10H2,(H,14,16). The average Bonchev–Trinajstić information content (AvgIpc) is 2.99. The van der Waals surface area contributed by atoms with E-state index in [1.807, 2.05) is 0 Å². The fraction of sp³-hybridized carbons (Fsp3) is 0.462. The van der Waals surface area contributed by atoms with Crippen molar-refractivity contribution in [2.45, 2.75) is 17.1 Å². The normalized spacial score (nSPS) is 20.2. The largest absolute Gasteiger partial charge is 0.345 e. The molecule has 1 saturated heterocycles. The van der Waals surface area contributed by atoms with Crippen molar-refractivity contribution < 1.29 is 13.2 Å². The first kappa shape index (κ1) is 15.0. The van der Waals surface area contributed by atoms with Gasteiger partial charge in [0.15, 0.2) is 0 Å². The molecule has 0 saturated carbocycles. The molecule has 108 valence electrons. The molecule has 7 heteroatoms. The fourth-order valence-electron chi connectivity index (χ4n) is 2.19. The number of terminal acetylenes is 1. The summed E-state index contributed by atoms with van der Waals surface area (Å²) in [5, 5.41) is 4.34. The molecule has 0 aliphatic carbocycles. The third-order valence-electron chi connectivity index (χ3n) is 3.21. The van der Waals surface area contributed by atoms with Crippen molar-refractivity contribution in [2.75, 3.05) is 19.6 Å². The Kier molecular flexibility index (Phi) is 4.81. The van der Waals surface area contributed by atoms with E-state index in [4.69, 9.17) is 6.42 Å². The second-order valence-electron chi connectivity index (χ2n) is 4.56. The molecule has 1 aromatic rings. The zero-order valence-corrected chi connectivity index (χ0v) is 12.5. The van der Waals surface area contributed by atoms with E-state index in [0.29, 0.717) is 23.6 Å². The topological polar surface area (TPSA) is 66.5 Å². The second-order valence-corrected chi connectivity index (χ2v) is 7.67. The highest BCUT2D eigenvalue weighted by Crippen LogP contribution is 2.26. The number of carbonyl (C=O) groups is 1. The SMILES string of the molecule is C#CCNC(=O)C1CCCN(S(=O)(=O)c2cccs2)C1. The highest BCUT2D eigenvalue weighted by Gasteiger charge is 2.33. The minimum atomic E-state index is -3.47. The molecule has 1 unspecified atom stereocenters. The maximum Gasteiger partial charge on any atom is 0.252 e. The van der Waals surface area contributed by atoms with Crippen LogP contribution in [-0.4, -0.2) is 38.3 Å². The van der Waals surface area contributed by atoms with Crippen LogP contribution in [0.1, 0.15) is 12.8 Å². The van der Waals surface area contributed by atoms with Gasteiger partial charge in [0, 0.05) is 13.1 Å². The van der Waals surface area contributed by atoms with Crippen molar-refractivity contribution >= 4 is 27.3 Å². The summed E-state index contributed by atoms with van der Waals surface area (Å²) in [5.74, 6) is 1.84. The van der Waals surface area contributed by atoms with Gasteiger partial charge in [0.05, 0.1) is 12.5 Å². The Bertz CT molecular complexity index is 602. The number of amides is 1. The van der Waals surface area contributed by atoms with Crippen molar-refractivity contribution in [1.82, 2.24) is 9.62 Å². The van der Waals surface area contributed by atoms with Crippen molar-refractivity contribution in [1.29, 1.82) is 0 Å². The molecule has 1 N–H and O–H groups in total. The molecule has 1 aliphatic rings. The summed E-state index contributed by atoms with van der Waals surface area (Å²) in [5.41, 5.74) is 0. The van der Waals surface area contributed by atoms with Gasteiger partial charge in [0.25, 0.3) is 10.0 Å². The van der Waals surface area contributed by atoms with Gasteiger partial charge >= 0.3 is 0 Å². The molecule has 20 heavy (non-hydrogen) atoms. The van der Waals surface area contributed by atoms with Gasteiger partial charge in [-0.3, -0.25) is 4.79 Å². The molecule has 1 aliphatic heterocycles. The van der Waals surface area contributed by atoms with Crippen LogP contribution in [0.2, 0.25) is 0 Å². The molecule has 0 bridgehead atoms. The van der Waals surface area contributed by atoms with E-state index >= 15 is 0 Å². The Balaban J connectivity index is 2.08. The summed E-state index contributed by atoms with van der Waals surface area (Å²) >= 11 is 1.19. The Morgan fingerprint density at radius 3 is 3.05 bits per heavy atom. The van der Waals surface area contributed by atoms with Gasteiger partial charge in [0.1, 0.15) is 4.21 Å². The molecule has 1 aromatic heterocycles. The first-order chi connectivity index (χ1) is 9.55. The number of hydrogen-bond donors (Lipinski definition) is 1. The van der Waals surface area contributed by atoms with E-state index < -0.39 is 10.0 Å². The molecule has 0 radical (unpaired) electrons. The van der Waals surface area contributed by atoms with Crippen molar-refractivity contribution in [3.63, 3.8) is 0 Å². The molecular formula is C13H16N2O3S2. The summed E-state index contributed by atoms with van der Waals surface area (Å²) in [6, 6.07) is 3.29. The van der Waals surface area contributed by atoms with E-state index in [1.54, 1.807) is 17.5 Å². The van der Waals surface area contributed by atoms with Gasteiger partial charge in [-0.05, 0) is 24.3 Å². The predicted octanol–water partition coefficient (Wildman–Crippen LogP) is 0.898. The monoisotopic (exact) mass is 312 g/mol. The average molecular weight is 312 g/mol. The number of thiophene rings is 1. The fourth-order valence-corrected chi connectivity index (χ4v) is 4.86. The van der Waals surface area contributed by atoms with E-state index in [-0.39, 0.29) is 24.9 Å². The number of nitrogens with one attached hydrogen (secondary N) is 1. The molecule has 2 heterocycles. The lowest BCUT2D eigenvalue weighted by Crippen LogP contribution is -2.45. The minimum Gasteiger partial charge on any atom is -0.345 e. The van der Waals surface area contributed by atoms with E-state index in [0.717, 1.165) is 0 Å². The Morgan fingerprint density at radius 1 is 1.60 bits per heavy atom. The second kappa shape index (κ2) is 6.39. The predicted molar refractivity (Wildman–Crippen MR) is 77.6 cm³/mol. The molecule has 1 fully saturated rings. The van der Waals surface area contributed by atoms with Crippen LogP contribution in [0.15, 0.2) is 21.7 Å². The van der Waals surface area contributed by atoms with Crippen molar-refractivity contribution in [2.24, 2.45) is 5.92 Å². The van der Waals surface area contributed by atoms with Crippen LogP contribution in [0.4, 0.5) is 0 Å². The van der Waals surface area contributed by atoms with Crippen LogP contribution in [-0.2, 0) is 14.8 Å². The first-order valence-corrected chi connectivity index (χ1v) is 8.62. The Labute approximate surface area is 123 Å². The summed E-state index contributed by atoms with van der Waals surface area (Å²) in [6.07, 6.45) is 6.46. The van der Waals surface area contributed by atoms with E-state index in [1.165, 1.54) is 15.6 Å². The zero-order valence-electron chi connectivity index (χ0n) is 10.9. The lowest BCUT2D eigenvalue weighted by molar-refractivity contribution is -0.125. The van der Waals surface area contributed by atoms with Gasteiger partial charge in [0.2, 0.25) is 5.91 Å². The van der Waals surface area contributed by atoms with E-state index in [2.05, 4.69) is 11.2 Å². The number of rotatable bonds is 4. The zero-order chi connectivity index (χ0) is 14.6. The molecule has 0 spiro atoms. The van der Waals surface area contributed by atoms with Crippen LogP contribution < -0.4 is 5.32 Å². The number of carbonyl (C=O) groups excluding carboxylic acids is 1. The van der Waals surface area contributed by atoms with Gasteiger partial charge < -0.3 is 5.32 Å². The molecule has 2 rings (SSSR count). The molecular weight excluding hydrogens is 296 g/mol. The Morgan fingerprint density at radius 2 is 2.40 bits per heavy atom. The first-order valence-electron chi connectivity index (χ1n) is 6.30. The third kappa shape index (κ3) is 3.20. The third-order valence-corrected chi connectivity index (χ3v) is 6.45. The maximum absolute atomic E-state index is 12.4. The van der Waals surface area contributed by atoms with Crippen LogP contribution in [0.25, 0.3) is 0 Å². The van der Waals surface area contributed by atoms with Gasteiger partial charge in [-0.15, -0.1) is 17.8 Å². The molecule has 5 nitrogen and oxygen atoms in total. The van der Waals surface area contributed by atoms with Gasteiger partial charge in [-0.2, -0.15) is 4.31 Å². The molecule has 0 aromatic carbocycles. The van der Waals surface area contributed by atoms with Gasteiger partial charge in [-0.25, -0.2) is 8.42 Å². The summed E-state index contributed by atoms with van der Waals surface area (Å²) in [6.45, 7) is 0.850. The molecule has 1 amide bonds. The summed E-state index contributed by atoms with van der Waals surface area (Å²) in [7, 11) is -3.47. The van der Waals surface area contributed by atoms with Crippen LogP contribution in [0, 0.1) is 18.3 Å². The lowest BCUT2D eigenvalue weighted by Gasteiger charge is -2.30. The Hall–Kier alpha value is -1.36. The highest BCUT2D eigenvalue weighted by atomic mass is 32.2. The number of piperidine rings is 1. The lowest BCUT2D eigenvalue weighted by atomic mass is 9.99. The smallest absolute Gasteiger partial charge is 0.252 e.